The molecule has 4 heteroatoms. The molecule has 84 valence electrons. The van der Waals surface area contributed by atoms with Crippen molar-refractivity contribution in [2.75, 3.05) is 0 Å². The molecule has 0 aliphatic rings. The summed E-state index contributed by atoms with van der Waals surface area (Å²) >= 11 is 0. The molecule has 1 aromatic heterocycles. The number of benzene rings is 1. The Bertz CT molecular complexity index is 536. The third-order valence-corrected chi connectivity index (χ3v) is 2.29. The number of hydrogen-bond donors (Lipinski definition) is 0. The average molecular weight is 226 g/mol. The Balaban J connectivity index is 2.37. The molecule has 0 fully saturated rings. The fraction of sp³-hybridized carbons (Fsp3) is 0. The maximum absolute atomic E-state index is 12.0. The summed E-state index contributed by atoms with van der Waals surface area (Å²) in [6.07, 6.45) is 3.22. The minimum absolute atomic E-state index is 0.142. The summed E-state index contributed by atoms with van der Waals surface area (Å²) in [5.74, 6) is -0.534. The molecule has 0 saturated heterocycles. The van der Waals surface area contributed by atoms with Gasteiger partial charge in [-0.2, -0.15) is 4.57 Å². The maximum Gasteiger partial charge on any atom is 0.375 e. The first-order valence-electron chi connectivity index (χ1n) is 5.09. The van der Waals surface area contributed by atoms with Crippen molar-refractivity contribution in [1.29, 1.82) is 0 Å². The number of Topliss-reactive ketones (excluding diaryl/α,β-unsaturated/α-hetero) is 1. The quantitative estimate of drug-likeness (QED) is 0.257. The van der Waals surface area contributed by atoms with E-state index < -0.39 is 5.78 Å². The van der Waals surface area contributed by atoms with E-state index >= 15 is 0 Å². The summed E-state index contributed by atoms with van der Waals surface area (Å²) in [6, 6.07) is 13.8. The van der Waals surface area contributed by atoms with Gasteiger partial charge in [0, 0.05) is 5.56 Å². The van der Waals surface area contributed by atoms with E-state index in [1.54, 1.807) is 60.9 Å². The van der Waals surface area contributed by atoms with Crippen molar-refractivity contribution in [2.24, 2.45) is 5.16 Å². The molecule has 0 unspecified atom stereocenters. The molecule has 0 atom stereocenters. The normalized spacial score (nSPS) is 11.2. The van der Waals surface area contributed by atoms with Gasteiger partial charge in [0.05, 0.1) is 12.4 Å². The topological polar surface area (TPSA) is 56.4 Å². The fourth-order valence-corrected chi connectivity index (χ4v) is 1.46. The summed E-state index contributed by atoms with van der Waals surface area (Å²) in [5, 5.41) is 13.6. The number of pyridine rings is 1. The van der Waals surface area contributed by atoms with Gasteiger partial charge >= 0.3 is 5.84 Å². The molecule has 0 amide bonds. The van der Waals surface area contributed by atoms with Crippen LogP contribution in [-0.2, 0) is 0 Å². The maximum atomic E-state index is 12.0. The van der Waals surface area contributed by atoms with Crippen molar-refractivity contribution < 1.29 is 9.36 Å². The van der Waals surface area contributed by atoms with Gasteiger partial charge in [0.25, 0.3) is 5.78 Å². The Hall–Kier alpha value is -2.49. The summed E-state index contributed by atoms with van der Waals surface area (Å²) in [6.45, 7) is 0. The van der Waals surface area contributed by atoms with E-state index in [0.29, 0.717) is 5.56 Å². The second kappa shape index (κ2) is 5.03. The lowest BCUT2D eigenvalue weighted by Gasteiger charge is -2.00. The Labute approximate surface area is 98.5 Å². The largest absolute Gasteiger partial charge is 0.675 e. The number of carbonyl (C=O) groups is 1. The Morgan fingerprint density at radius 3 is 2.18 bits per heavy atom. The van der Waals surface area contributed by atoms with Crippen molar-refractivity contribution in [1.82, 2.24) is 0 Å². The molecule has 17 heavy (non-hydrogen) atoms. The molecule has 2 rings (SSSR count). The number of ketones is 1. The molecule has 0 N–H and O–H groups in total. The van der Waals surface area contributed by atoms with Gasteiger partial charge in [0.15, 0.2) is 0 Å². The second-order valence-corrected chi connectivity index (χ2v) is 3.39. The van der Waals surface area contributed by atoms with E-state index in [9.17, 15) is 10.0 Å². The van der Waals surface area contributed by atoms with Crippen LogP contribution in [0.5, 0.6) is 0 Å². The smallest absolute Gasteiger partial charge is 0.375 e. The summed E-state index contributed by atoms with van der Waals surface area (Å²) in [5.41, 5.74) is 0.443. The SMILES string of the molecule is O=C(/C(=N\[O-])[n+]1ccccc1)c1ccccc1. The predicted octanol–water partition coefficient (Wildman–Crippen LogP) is 1.60. The standard InChI is InChI=1S/C13H10N2O2/c16-12(11-7-3-1-4-8-11)13(14-17)15-9-5-2-6-10-15/h1-10H. The molecular weight excluding hydrogens is 216 g/mol. The molecule has 0 bridgehead atoms. The first-order valence-corrected chi connectivity index (χ1v) is 5.09. The van der Waals surface area contributed by atoms with E-state index in [4.69, 9.17) is 0 Å². The zero-order chi connectivity index (χ0) is 12.1. The Kier molecular flexibility index (Phi) is 3.25. The van der Waals surface area contributed by atoms with Gasteiger partial charge in [0.2, 0.25) is 0 Å². The molecule has 0 saturated carbocycles. The first-order chi connectivity index (χ1) is 8.33. The van der Waals surface area contributed by atoms with Crippen LogP contribution in [0, 0.1) is 5.21 Å². The van der Waals surface area contributed by atoms with Gasteiger partial charge in [-0.25, -0.2) is 0 Å². The van der Waals surface area contributed by atoms with Crippen LogP contribution >= 0.6 is 0 Å². The minimum Gasteiger partial charge on any atom is -0.675 e. The molecule has 0 aliphatic heterocycles. The highest BCUT2D eigenvalue weighted by atomic mass is 16.4. The van der Waals surface area contributed by atoms with E-state index in [2.05, 4.69) is 5.16 Å². The van der Waals surface area contributed by atoms with Crippen molar-refractivity contribution in [3.63, 3.8) is 0 Å². The molecule has 1 heterocycles. The van der Waals surface area contributed by atoms with Crippen molar-refractivity contribution in [3.8, 4) is 0 Å². The summed E-state index contributed by atoms with van der Waals surface area (Å²) in [4.78, 5) is 12.0. The highest BCUT2D eigenvalue weighted by Gasteiger charge is 2.22. The minimum atomic E-state index is -0.392. The van der Waals surface area contributed by atoms with Crippen LogP contribution in [-0.4, -0.2) is 11.6 Å². The highest BCUT2D eigenvalue weighted by molar-refractivity contribution is 6.41. The van der Waals surface area contributed by atoms with E-state index in [1.807, 2.05) is 0 Å². The van der Waals surface area contributed by atoms with Gasteiger partial charge in [-0.05, 0) is 12.1 Å². The van der Waals surface area contributed by atoms with Crippen LogP contribution in [0.1, 0.15) is 10.4 Å². The van der Waals surface area contributed by atoms with Crippen molar-refractivity contribution in [2.45, 2.75) is 0 Å². The fourth-order valence-electron chi connectivity index (χ4n) is 1.46. The van der Waals surface area contributed by atoms with Crippen LogP contribution in [0.4, 0.5) is 0 Å². The molecular formula is C13H10N2O2. The number of hydrogen-bond acceptors (Lipinski definition) is 3. The lowest BCUT2D eigenvalue weighted by Crippen LogP contribution is -2.47. The van der Waals surface area contributed by atoms with E-state index in [1.165, 1.54) is 4.57 Å². The molecule has 2 aromatic rings. The van der Waals surface area contributed by atoms with Gasteiger partial charge in [0.1, 0.15) is 0 Å². The van der Waals surface area contributed by atoms with Gasteiger partial charge in [-0.1, -0.05) is 41.6 Å². The van der Waals surface area contributed by atoms with Crippen LogP contribution < -0.4 is 4.57 Å². The number of rotatable bonds is 2. The second-order valence-electron chi connectivity index (χ2n) is 3.39. The molecule has 1 aromatic carbocycles. The Morgan fingerprint density at radius 1 is 1.00 bits per heavy atom. The van der Waals surface area contributed by atoms with Gasteiger partial charge in [-0.3, -0.25) is 4.79 Å². The zero-order valence-corrected chi connectivity index (χ0v) is 8.98. The van der Waals surface area contributed by atoms with Crippen LogP contribution in [0.2, 0.25) is 0 Å². The Morgan fingerprint density at radius 2 is 1.59 bits per heavy atom. The monoisotopic (exact) mass is 226 g/mol. The number of nitrogens with zero attached hydrogens (tertiary/aromatic N) is 2. The van der Waals surface area contributed by atoms with Crippen LogP contribution in [0.3, 0.4) is 0 Å². The molecule has 0 radical (unpaired) electrons. The number of aromatic nitrogens is 1. The van der Waals surface area contributed by atoms with Crippen molar-refractivity contribution in [3.05, 3.63) is 71.7 Å². The predicted molar refractivity (Wildman–Crippen MR) is 63.6 cm³/mol. The molecule has 0 aliphatic carbocycles. The zero-order valence-electron chi connectivity index (χ0n) is 8.98. The summed E-state index contributed by atoms with van der Waals surface area (Å²) in [7, 11) is 0. The molecule has 4 nitrogen and oxygen atoms in total. The first kappa shape index (κ1) is 11.0. The van der Waals surface area contributed by atoms with E-state index in [0.717, 1.165) is 0 Å². The number of carbonyl (C=O) groups excluding carboxylic acids is 1. The highest BCUT2D eigenvalue weighted by Crippen LogP contribution is 2.00. The average Bonchev–Trinajstić information content (AvgIpc) is 2.42. The van der Waals surface area contributed by atoms with Gasteiger partial charge in [-0.15, -0.1) is 0 Å². The third kappa shape index (κ3) is 2.36. The molecule has 0 spiro atoms. The van der Waals surface area contributed by atoms with Gasteiger partial charge < -0.3 is 5.21 Å². The third-order valence-electron chi connectivity index (χ3n) is 2.29. The van der Waals surface area contributed by atoms with Crippen LogP contribution in [0.15, 0.2) is 66.1 Å². The van der Waals surface area contributed by atoms with Crippen LogP contribution in [0.25, 0.3) is 0 Å². The lowest BCUT2D eigenvalue weighted by molar-refractivity contribution is -0.552. The lowest BCUT2D eigenvalue weighted by atomic mass is 10.1. The van der Waals surface area contributed by atoms with E-state index in [-0.39, 0.29) is 5.84 Å². The van der Waals surface area contributed by atoms with Crippen molar-refractivity contribution >= 4 is 11.6 Å². The summed E-state index contributed by atoms with van der Waals surface area (Å²) < 4.78 is 1.41.